The van der Waals surface area contributed by atoms with Gasteiger partial charge in [0.15, 0.2) is 5.96 Å². The van der Waals surface area contributed by atoms with E-state index in [4.69, 9.17) is 4.74 Å². The lowest BCUT2D eigenvalue weighted by Crippen LogP contribution is -2.39. The van der Waals surface area contributed by atoms with Gasteiger partial charge in [-0.2, -0.15) is 8.78 Å². The van der Waals surface area contributed by atoms with E-state index in [1.54, 1.807) is 25.2 Å². The zero-order valence-electron chi connectivity index (χ0n) is 15.5. The number of ether oxygens (including phenoxy) is 2. The molecule has 0 fully saturated rings. The van der Waals surface area contributed by atoms with E-state index in [1.807, 2.05) is 18.2 Å². The molecule has 0 amide bonds. The molecule has 1 unspecified atom stereocenters. The summed E-state index contributed by atoms with van der Waals surface area (Å²) in [5, 5.41) is 6.45. The van der Waals surface area contributed by atoms with Crippen molar-refractivity contribution in [2.75, 3.05) is 20.2 Å². The van der Waals surface area contributed by atoms with Gasteiger partial charge in [0.2, 0.25) is 0 Å². The monoisotopic (exact) mass is 503 g/mol. The quantitative estimate of drug-likeness (QED) is 0.354. The fraction of sp³-hybridized carbons (Fsp3) is 0.350. The molecule has 8 heteroatoms. The highest BCUT2D eigenvalue weighted by Crippen LogP contribution is 2.32. The molecule has 0 radical (unpaired) electrons. The fourth-order valence-corrected chi connectivity index (χ4v) is 3.11. The van der Waals surface area contributed by atoms with Crippen LogP contribution in [0.5, 0.6) is 11.5 Å². The molecule has 28 heavy (non-hydrogen) atoms. The summed E-state index contributed by atoms with van der Waals surface area (Å²) in [6, 6.07) is 14.7. The highest BCUT2D eigenvalue weighted by Gasteiger charge is 2.21. The summed E-state index contributed by atoms with van der Waals surface area (Å²) in [6.45, 7) is -1.13. The molecular weight excluding hydrogens is 479 g/mol. The van der Waals surface area contributed by atoms with E-state index in [0.717, 1.165) is 12.2 Å². The number of benzene rings is 2. The Labute approximate surface area is 180 Å². The van der Waals surface area contributed by atoms with Crippen molar-refractivity contribution < 1.29 is 18.3 Å². The Morgan fingerprint density at radius 2 is 1.93 bits per heavy atom. The summed E-state index contributed by atoms with van der Waals surface area (Å²) in [4.78, 5) is 4.21. The lowest BCUT2D eigenvalue weighted by atomic mass is 9.93. The zero-order chi connectivity index (χ0) is 19.1. The third-order valence-electron chi connectivity index (χ3n) is 4.46. The predicted octanol–water partition coefficient (Wildman–Crippen LogP) is 4.14. The minimum absolute atomic E-state index is 0. The standard InChI is InChI=1S/C20H23F2N3O2.HI/c1-23-20(25-13-15-6-2-4-8-17(15)27-19(21)22)24-12-14-10-11-26-18-9-5-3-7-16(14)18;/h2-9,14,19H,10-13H2,1H3,(H2,23,24,25);1H. The van der Waals surface area contributed by atoms with Crippen molar-refractivity contribution in [2.45, 2.75) is 25.5 Å². The first kappa shape index (κ1) is 22.2. The fourth-order valence-electron chi connectivity index (χ4n) is 3.11. The molecule has 1 aliphatic rings. The first-order valence-corrected chi connectivity index (χ1v) is 8.86. The largest absolute Gasteiger partial charge is 0.493 e. The smallest absolute Gasteiger partial charge is 0.387 e. The van der Waals surface area contributed by atoms with Crippen molar-refractivity contribution in [1.82, 2.24) is 10.6 Å². The second kappa shape index (κ2) is 11.0. The molecule has 0 spiro atoms. The Morgan fingerprint density at radius 3 is 2.71 bits per heavy atom. The average Bonchev–Trinajstić information content (AvgIpc) is 2.69. The van der Waals surface area contributed by atoms with Crippen molar-refractivity contribution in [2.24, 2.45) is 4.99 Å². The van der Waals surface area contributed by atoms with Gasteiger partial charge in [0.25, 0.3) is 0 Å². The van der Waals surface area contributed by atoms with E-state index in [2.05, 4.69) is 26.4 Å². The van der Waals surface area contributed by atoms with E-state index >= 15 is 0 Å². The van der Waals surface area contributed by atoms with Gasteiger partial charge in [0, 0.05) is 31.6 Å². The molecule has 5 nitrogen and oxygen atoms in total. The van der Waals surface area contributed by atoms with E-state index in [9.17, 15) is 8.78 Å². The van der Waals surface area contributed by atoms with Crippen LogP contribution in [0.4, 0.5) is 8.78 Å². The van der Waals surface area contributed by atoms with Crippen LogP contribution in [0.25, 0.3) is 0 Å². The molecule has 0 aromatic heterocycles. The highest BCUT2D eigenvalue weighted by molar-refractivity contribution is 14.0. The van der Waals surface area contributed by atoms with Gasteiger partial charge in [-0.3, -0.25) is 4.99 Å². The third-order valence-corrected chi connectivity index (χ3v) is 4.46. The molecule has 1 aliphatic heterocycles. The molecule has 0 saturated carbocycles. The number of halogens is 3. The molecule has 1 heterocycles. The van der Waals surface area contributed by atoms with E-state index in [0.29, 0.717) is 37.1 Å². The molecule has 3 rings (SSSR count). The van der Waals surface area contributed by atoms with Crippen LogP contribution >= 0.6 is 24.0 Å². The number of hydrogen-bond donors (Lipinski definition) is 2. The van der Waals surface area contributed by atoms with Gasteiger partial charge in [-0.05, 0) is 24.1 Å². The summed E-state index contributed by atoms with van der Waals surface area (Å²) in [7, 11) is 1.68. The molecule has 0 aliphatic carbocycles. The molecule has 0 bridgehead atoms. The summed E-state index contributed by atoms with van der Waals surface area (Å²) >= 11 is 0. The van der Waals surface area contributed by atoms with Crippen LogP contribution in [0.2, 0.25) is 0 Å². The van der Waals surface area contributed by atoms with Gasteiger partial charge < -0.3 is 20.1 Å². The van der Waals surface area contributed by atoms with Crippen LogP contribution in [0.3, 0.4) is 0 Å². The van der Waals surface area contributed by atoms with Gasteiger partial charge in [-0.15, -0.1) is 24.0 Å². The summed E-state index contributed by atoms with van der Waals surface area (Å²) in [5.74, 6) is 2.01. The van der Waals surface area contributed by atoms with Crippen LogP contribution in [0.1, 0.15) is 23.5 Å². The zero-order valence-corrected chi connectivity index (χ0v) is 17.9. The number of nitrogens with zero attached hydrogens (tertiary/aromatic N) is 1. The third kappa shape index (κ3) is 5.95. The Kier molecular flexibility index (Phi) is 8.75. The number of guanidine groups is 1. The molecule has 2 aromatic rings. The van der Waals surface area contributed by atoms with Gasteiger partial charge in [-0.25, -0.2) is 0 Å². The summed E-state index contributed by atoms with van der Waals surface area (Å²) in [6.07, 6.45) is 0.923. The van der Waals surface area contributed by atoms with Gasteiger partial charge in [-0.1, -0.05) is 36.4 Å². The maximum atomic E-state index is 12.5. The Bertz CT molecular complexity index is 790. The second-order valence-electron chi connectivity index (χ2n) is 6.16. The predicted molar refractivity (Wildman–Crippen MR) is 116 cm³/mol. The lowest BCUT2D eigenvalue weighted by molar-refractivity contribution is -0.0504. The molecule has 152 valence electrons. The molecule has 0 saturated heterocycles. The minimum atomic E-state index is -2.85. The maximum absolute atomic E-state index is 12.5. The average molecular weight is 503 g/mol. The van der Waals surface area contributed by atoms with Crippen LogP contribution in [0, 0.1) is 0 Å². The first-order chi connectivity index (χ1) is 13.2. The lowest BCUT2D eigenvalue weighted by Gasteiger charge is -2.26. The summed E-state index contributed by atoms with van der Waals surface area (Å²) < 4.78 is 35.3. The molecule has 2 aromatic carbocycles. The Hall–Kier alpha value is -2.10. The second-order valence-corrected chi connectivity index (χ2v) is 6.16. The minimum Gasteiger partial charge on any atom is -0.493 e. The van der Waals surface area contributed by atoms with Gasteiger partial charge >= 0.3 is 6.61 Å². The van der Waals surface area contributed by atoms with Crippen molar-refractivity contribution in [3.63, 3.8) is 0 Å². The van der Waals surface area contributed by atoms with Crippen LogP contribution in [0.15, 0.2) is 53.5 Å². The number of nitrogens with one attached hydrogen (secondary N) is 2. The molecule has 1 atom stereocenters. The topological polar surface area (TPSA) is 54.9 Å². The number of hydrogen-bond acceptors (Lipinski definition) is 3. The van der Waals surface area contributed by atoms with Crippen molar-refractivity contribution in [3.05, 3.63) is 59.7 Å². The first-order valence-electron chi connectivity index (χ1n) is 8.86. The maximum Gasteiger partial charge on any atom is 0.387 e. The van der Waals surface area contributed by atoms with Crippen molar-refractivity contribution >= 4 is 29.9 Å². The van der Waals surface area contributed by atoms with Crippen LogP contribution < -0.4 is 20.1 Å². The number of para-hydroxylation sites is 2. The SMILES string of the molecule is CN=C(NCc1ccccc1OC(F)F)NCC1CCOc2ccccc21.I. The van der Waals surface area contributed by atoms with Crippen LogP contribution in [-0.2, 0) is 6.54 Å². The van der Waals surface area contributed by atoms with E-state index in [-0.39, 0.29) is 29.7 Å². The normalized spacial score (nSPS) is 15.9. The molecule has 2 N–H and O–H groups in total. The van der Waals surface area contributed by atoms with Gasteiger partial charge in [0.1, 0.15) is 11.5 Å². The highest BCUT2D eigenvalue weighted by atomic mass is 127. The molecular formula is C20H24F2IN3O2. The Balaban J connectivity index is 0.00000280. The van der Waals surface area contributed by atoms with Crippen molar-refractivity contribution in [1.29, 1.82) is 0 Å². The number of alkyl halides is 2. The summed E-state index contributed by atoms with van der Waals surface area (Å²) in [5.41, 5.74) is 1.82. The van der Waals surface area contributed by atoms with E-state index in [1.165, 1.54) is 11.6 Å². The van der Waals surface area contributed by atoms with Gasteiger partial charge in [0.05, 0.1) is 6.61 Å². The Morgan fingerprint density at radius 1 is 1.18 bits per heavy atom. The van der Waals surface area contributed by atoms with E-state index < -0.39 is 6.61 Å². The van der Waals surface area contributed by atoms with Crippen LogP contribution in [-0.4, -0.2) is 32.8 Å². The number of rotatable bonds is 6. The van der Waals surface area contributed by atoms with Crippen molar-refractivity contribution in [3.8, 4) is 11.5 Å². The number of aliphatic imine (C=N–C) groups is 1. The number of fused-ring (bicyclic) bond motifs is 1.